The van der Waals surface area contributed by atoms with E-state index in [0.717, 1.165) is 42.4 Å². The summed E-state index contributed by atoms with van der Waals surface area (Å²) in [5, 5.41) is 49.9. The van der Waals surface area contributed by atoms with Crippen LogP contribution in [0.3, 0.4) is 0 Å². The Morgan fingerprint density at radius 1 is 1.04 bits per heavy atom. The van der Waals surface area contributed by atoms with Gasteiger partial charge in [0.1, 0.15) is 29.3 Å². The number of halogens is 1. The van der Waals surface area contributed by atoms with Gasteiger partial charge >= 0.3 is 0 Å². The number of piperidine rings is 1. The predicted molar refractivity (Wildman–Crippen MR) is 191 cm³/mol. The second-order valence-electron chi connectivity index (χ2n) is 12.2. The van der Waals surface area contributed by atoms with E-state index in [4.69, 9.17) is 24.8 Å². The molecule has 2 aliphatic rings. The summed E-state index contributed by atoms with van der Waals surface area (Å²) in [4.78, 5) is 27.2. The third kappa shape index (κ3) is 8.02. The van der Waals surface area contributed by atoms with Gasteiger partial charge in [-0.3, -0.25) is 14.8 Å². The summed E-state index contributed by atoms with van der Waals surface area (Å²) in [5.41, 5.74) is 7.64. The number of nitriles is 2. The number of benzene rings is 3. The van der Waals surface area contributed by atoms with Crippen molar-refractivity contribution in [2.24, 2.45) is 0 Å². The first kappa shape index (κ1) is 37.0. The van der Waals surface area contributed by atoms with Gasteiger partial charge in [-0.05, 0) is 84.2 Å². The van der Waals surface area contributed by atoms with E-state index in [0.29, 0.717) is 65.4 Å². The van der Waals surface area contributed by atoms with E-state index >= 15 is 0 Å². The zero-order chi connectivity index (χ0) is 37.2. The van der Waals surface area contributed by atoms with Crippen molar-refractivity contribution in [3.05, 3.63) is 101 Å². The van der Waals surface area contributed by atoms with Crippen LogP contribution in [0.25, 0.3) is 27.8 Å². The molecule has 0 bridgehead atoms. The van der Waals surface area contributed by atoms with Crippen molar-refractivity contribution in [2.75, 3.05) is 25.1 Å². The average molecular weight is 705 g/mol. The van der Waals surface area contributed by atoms with Gasteiger partial charge in [0, 0.05) is 48.6 Å². The minimum Gasteiger partial charge on any atom is -0.504 e. The number of aromatic hydroxyl groups is 1. The number of nitrogens with zero attached hydrogens (tertiary/aromatic N) is 4. The van der Waals surface area contributed by atoms with Crippen LogP contribution < -0.4 is 20.4 Å². The molecule has 12 nitrogen and oxygen atoms in total. The molecule has 2 heterocycles. The van der Waals surface area contributed by atoms with Gasteiger partial charge in [-0.2, -0.15) is 10.5 Å². The predicted octanol–water partition coefficient (Wildman–Crippen LogP) is 5.91. The smallest absolute Gasteiger partial charge is 0.290 e. The SMILES string of the molecule is COc1ccc(-c2cnc(N3CCC(NCc4ccc(C5=C(C(=O)NO)CCC5)cc4)CC3)c(C#N)c2-c2ccc(C#N)c(F)c2)cc1O.O=CO. The molecule has 52 heavy (non-hydrogen) atoms. The Morgan fingerprint density at radius 3 is 2.35 bits per heavy atom. The normalized spacial score (nSPS) is 14.1. The van der Waals surface area contributed by atoms with Crippen LogP contribution in [0, 0.1) is 28.5 Å². The number of pyridine rings is 1. The zero-order valence-corrected chi connectivity index (χ0v) is 28.4. The number of methoxy groups -OCH3 is 1. The van der Waals surface area contributed by atoms with Gasteiger partial charge in [0.15, 0.2) is 11.5 Å². The van der Waals surface area contributed by atoms with Crippen LogP contribution in [0.4, 0.5) is 10.2 Å². The van der Waals surface area contributed by atoms with Crippen molar-refractivity contribution >= 4 is 23.8 Å². The Kier molecular flexibility index (Phi) is 12.2. The number of phenols is 1. The third-order valence-electron chi connectivity index (χ3n) is 9.32. The lowest BCUT2D eigenvalue weighted by atomic mass is 9.91. The van der Waals surface area contributed by atoms with Crippen LogP contribution in [-0.2, 0) is 16.1 Å². The first-order valence-corrected chi connectivity index (χ1v) is 16.6. The molecular formula is C39H37FN6O6. The lowest BCUT2D eigenvalue weighted by molar-refractivity contribution is -0.125. The second-order valence-corrected chi connectivity index (χ2v) is 12.2. The average Bonchev–Trinajstić information content (AvgIpc) is 3.67. The summed E-state index contributed by atoms with van der Waals surface area (Å²) < 4.78 is 20.1. The minimum atomic E-state index is -0.693. The Labute approximate surface area is 300 Å². The second kappa shape index (κ2) is 17.1. The van der Waals surface area contributed by atoms with E-state index in [1.807, 2.05) is 18.2 Å². The number of hydroxylamine groups is 1. The van der Waals surface area contributed by atoms with Crippen molar-refractivity contribution in [2.45, 2.75) is 44.7 Å². The summed E-state index contributed by atoms with van der Waals surface area (Å²) in [5.74, 6) is -0.430. The number of carboxylic acid groups (broad SMARTS) is 1. The largest absolute Gasteiger partial charge is 0.504 e. The number of carbonyl (C=O) groups is 2. The first-order chi connectivity index (χ1) is 25.3. The molecule has 0 atom stereocenters. The highest BCUT2D eigenvalue weighted by molar-refractivity contribution is 6.01. The van der Waals surface area contributed by atoms with Crippen LogP contribution >= 0.6 is 0 Å². The number of carbonyl (C=O) groups excluding carboxylic acids is 1. The molecule has 5 N–H and O–H groups in total. The van der Waals surface area contributed by atoms with Crippen molar-refractivity contribution in [1.29, 1.82) is 10.5 Å². The number of nitrogens with one attached hydrogen (secondary N) is 2. The number of rotatable bonds is 9. The number of aromatic nitrogens is 1. The number of allylic oxidation sites excluding steroid dienone is 1. The van der Waals surface area contributed by atoms with E-state index in [9.17, 15) is 24.8 Å². The molecule has 1 fully saturated rings. The lowest BCUT2D eigenvalue weighted by Crippen LogP contribution is -2.42. The Morgan fingerprint density at radius 2 is 1.73 bits per heavy atom. The molecule has 266 valence electrons. The molecule has 13 heteroatoms. The molecule has 1 saturated heterocycles. The monoisotopic (exact) mass is 704 g/mol. The molecular weight excluding hydrogens is 667 g/mol. The number of hydrogen-bond acceptors (Lipinski definition) is 10. The maximum Gasteiger partial charge on any atom is 0.290 e. The summed E-state index contributed by atoms with van der Waals surface area (Å²) in [6.07, 6.45) is 5.61. The summed E-state index contributed by atoms with van der Waals surface area (Å²) in [7, 11) is 1.45. The standard InChI is InChI=1S/C38H35FN6O4.CH2O2/c1-49-35-12-11-25(18-34(35)46)32-22-43-37(31(20-41)36(32)26-9-10-27(19-40)33(39)17-26)45-15-13-28(14-16-45)42-21-23-5-7-24(8-6-23)29-3-2-4-30(29)38(47)44-48;2-1-3/h5-12,17-18,22,28,42,46,48H,2-4,13-16,21H2,1H3,(H,44,47);1H,(H,2,3). The molecule has 0 radical (unpaired) electrons. The Bertz CT molecular complexity index is 2060. The van der Waals surface area contributed by atoms with E-state index in [1.54, 1.807) is 29.9 Å². The number of hydrogen-bond donors (Lipinski definition) is 5. The molecule has 1 aliphatic heterocycles. The topological polar surface area (TPSA) is 192 Å². The molecule has 1 amide bonds. The van der Waals surface area contributed by atoms with Gasteiger partial charge in [-0.1, -0.05) is 36.4 Å². The summed E-state index contributed by atoms with van der Waals surface area (Å²) in [6, 6.07) is 21.7. The van der Waals surface area contributed by atoms with E-state index in [-0.39, 0.29) is 29.4 Å². The van der Waals surface area contributed by atoms with Crippen molar-refractivity contribution in [3.8, 4) is 45.9 Å². The van der Waals surface area contributed by atoms with Crippen LogP contribution in [0.5, 0.6) is 11.5 Å². The maximum absolute atomic E-state index is 14.9. The van der Waals surface area contributed by atoms with E-state index in [1.165, 1.54) is 25.3 Å². The van der Waals surface area contributed by atoms with Crippen molar-refractivity contribution in [1.82, 2.24) is 15.8 Å². The van der Waals surface area contributed by atoms with Gasteiger partial charge in [0.25, 0.3) is 12.4 Å². The number of amides is 1. The highest BCUT2D eigenvalue weighted by atomic mass is 19.1. The fourth-order valence-corrected chi connectivity index (χ4v) is 6.75. The Balaban J connectivity index is 0.00000168. The minimum absolute atomic E-state index is 0.0857. The van der Waals surface area contributed by atoms with Gasteiger partial charge in [0.2, 0.25) is 0 Å². The van der Waals surface area contributed by atoms with Crippen molar-refractivity contribution in [3.63, 3.8) is 0 Å². The fourth-order valence-electron chi connectivity index (χ4n) is 6.75. The lowest BCUT2D eigenvalue weighted by Gasteiger charge is -2.34. The summed E-state index contributed by atoms with van der Waals surface area (Å²) in [6.45, 7) is 1.71. The quantitative estimate of drug-likeness (QED) is 0.0790. The van der Waals surface area contributed by atoms with Gasteiger partial charge < -0.3 is 25.2 Å². The number of phenolic OH excluding ortho intramolecular Hbond substituents is 1. The van der Waals surface area contributed by atoms with Crippen molar-refractivity contribution < 1.29 is 34.1 Å². The van der Waals surface area contributed by atoms with Crippen LogP contribution in [-0.4, -0.2) is 59.0 Å². The van der Waals surface area contributed by atoms with Crippen LogP contribution in [0.2, 0.25) is 0 Å². The van der Waals surface area contributed by atoms with E-state index < -0.39 is 11.7 Å². The maximum atomic E-state index is 14.9. The zero-order valence-electron chi connectivity index (χ0n) is 28.4. The van der Waals surface area contributed by atoms with E-state index in [2.05, 4.69) is 28.4 Å². The molecule has 1 aromatic heterocycles. The molecule has 1 aliphatic carbocycles. The van der Waals surface area contributed by atoms with Gasteiger partial charge in [0.05, 0.1) is 12.7 Å². The molecule has 3 aromatic carbocycles. The molecule has 0 saturated carbocycles. The molecule has 4 aromatic rings. The Hall–Kier alpha value is -6.28. The van der Waals surface area contributed by atoms with Crippen LogP contribution in [0.1, 0.15) is 54.4 Å². The third-order valence-corrected chi connectivity index (χ3v) is 9.32. The molecule has 0 unspecified atom stereocenters. The summed E-state index contributed by atoms with van der Waals surface area (Å²) >= 11 is 0. The number of anilines is 1. The van der Waals surface area contributed by atoms with Gasteiger partial charge in [-0.15, -0.1) is 0 Å². The number of ether oxygens (including phenoxy) is 1. The first-order valence-electron chi connectivity index (χ1n) is 16.6. The highest BCUT2D eigenvalue weighted by Crippen LogP contribution is 2.41. The van der Waals surface area contributed by atoms with Crippen LogP contribution in [0.15, 0.2) is 72.4 Å². The molecule has 6 rings (SSSR count). The fraction of sp³-hybridized carbons (Fsp3) is 0.256. The highest BCUT2D eigenvalue weighted by Gasteiger charge is 2.27. The molecule has 0 spiro atoms. The van der Waals surface area contributed by atoms with Gasteiger partial charge in [-0.25, -0.2) is 14.9 Å².